The fraction of sp³-hybridized carbons (Fsp3) is 0.520. The van der Waals surface area contributed by atoms with Crippen LogP contribution in [0.15, 0.2) is 43.1 Å². The van der Waals surface area contributed by atoms with Crippen molar-refractivity contribution in [3.05, 3.63) is 48.9 Å². The van der Waals surface area contributed by atoms with Crippen LogP contribution in [0, 0.1) is 29.5 Å². The van der Waals surface area contributed by atoms with Crippen LogP contribution in [-0.2, 0) is 10.3 Å². The Bertz CT molecular complexity index is 1230. The summed E-state index contributed by atoms with van der Waals surface area (Å²) < 4.78 is 22.0. The fourth-order valence-electron chi connectivity index (χ4n) is 7.17. The zero-order chi connectivity index (χ0) is 22.4. The second-order valence-corrected chi connectivity index (χ2v) is 10.7. The molecular formula is C25H26FN5O2. The number of pyridine rings is 1. The minimum Gasteiger partial charge on any atom is -0.490 e. The van der Waals surface area contributed by atoms with E-state index >= 15 is 0 Å². The van der Waals surface area contributed by atoms with Gasteiger partial charge in [-0.1, -0.05) is 6.92 Å². The number of nitrogens with zero attached hydrogens (tertiary/aromatic N) is 4. The fourth-order valence-corrected chi connectivity index (χ4v) is 7.17. The van der Waals surface area contributed by atoms with E-state index in [1.807, 2.05) is 10.7 Å². The van der Waals surface area contributed by atoms with E-state index in [1.54, 1.807) is 24.9 Å². The Morgan fingerprint density at radius 2 is 2.03 bits per heavy atom. The molecule has 2 bridgehead atoms. The molecule has 5 saturated carbocycles. The molecule has 1 N–H and O–H groups in total. The summed E-state index contributed by atoms with van der Waals surface area (Å²) in [5.41, 5.74) is 0.776. The first-order valence-electron chi connectivity index (χ1n) is 11.8. The van der Waals surface area contributed by atoms with E-state index in [4.69, 9.17) is 4.74 Å². The maximum absolute atomic E-state index is 13.7. The number of nitrogens with one attached hydrogen (secondary N) is 1. The molecule has 0 radical (unpaired) electrons. The number of carbonyl (C=O) groups is 1. The largest absolute Gasteiger partial charge is 0.490 e. The molecule has 5 aliphatic carbocycles. The molecule has 33 heavy (non-hydrogen) atoms. The first-order valence-corrected chi connectivity index (χ1v) is 11.8. The standard InChI is InChI=1S/C25H26FN5O2/c1-14(23(32)30-24-9-25(10-24,11-24)31-13-27-12-29-31)22-17-7-16(8-18(17)22)33-21-4-5-28-20-3-2-15(26)6-19(20)21/h2-6,12-14,16-18,22H,7-11H2,1H3,(H,30,32)/t14?,16?,17-,18+,22?,24?,25?. The van der Waals surface area contributed by atoms with Gasteiger partial charge in [-0.25, -0.2) is 14.1 Å². The quantitative estimate of drug-likeness (QED) is 0.626. The topological polar surface area (TPSA) is 81.9 Å². The van der Waals surface area contributed by atoms with Crippen molar-refractivity contribution in [1.82, 2.24) is 25.1 Å². The molecule has 8 heteroatoms. The predicted octanol–water partition coefficient (Wildman–Crippen LogP) is 3.45. The SMILES string of the molecule is CC(C(=O)NC12CC(n3cncn3)(C1)C2)C1[C@H]2CC(Oc3ccnc4ccc(F)cc34)C[C@@H]12. The van der Waals surface area contributed by atoms with E-state index < -0.39 is 0 Å². The highest BCUT2D eigenvalue weighted by atomic mass is 19.1. The number of hydrogen-bond donors (Lipinski definition) is 1. The molecule has 2 heterocycles. The molecule has 7 nitrogen and oxygen atoms in total. The number of amides is 1. The van der Waals surface area contributed by atoms with Gasteiger partial charge in [0.2, 0.25) is 5.91 Å². The third kappa shape index (κ3) is 2.85. The lowest BCUT2D eigenvalue weighted by Crippen LogP contribution is -2.79. The van der Waals surface area contributed by atoms with Crippen LogP contribution in [0.3, 0.4) is 0 Å². The summed E-state index contributed by atoms with van der Waals surface area (Å²) in [5, 5.41) is 8.36. The van der Waals surface area contributed by atoms with Crippen molar-refractivity contribution in [3.8, 4) is 5.75 Å². The van der Waals surface area contributed by atoms with Gasteiger partial charge in [0.05, 0.1) is 17.2 Å². The lowest BCUT2D eigenvalue weighted by atomic mass is 9.44. The van der Waals surface area contributed by atoms with E-state index in [9.17, 15) is 9.18 Å². The van der Waals surface area contributed by atoms with Crippen LogP contribution in [-0.4, -0.2) is 37.3 Å². The van der Waals surface area contributed by atoms with Gasteiger partial charge in [-0.05, 0) is 74.1 Å². The third-order valence-corrected chi connectivity index (χ3v) is 8.71. The Labute approximate surface area is 190 Å². The summed E-state index contributed by atoms with van der Waals surface area (Å²) in [7, 11) is 0. The van der Waals surface area contributed by atoms with Gasteiger partial charge in [0.15, 0.2) is 0 Å². The molecule has 5 atom stereocenters. The van der Waals surface area contributed by atoms with Crippen molar-refractivity contribution in [2.75, 3.05) is 0 Å². The minimum atomic E-state index is -0.287. The molecule has 0 aliphatic heterocycles. The summed E-state index contributed by atoms with van der Waals surface area (Å²) in [6, 6.07) is 6.40. The zero-order valence-electron chi connectivity index (χ0n) is 18.4. The van der Waals surface area contributed by atoms with Crippen LogP contribution in [0.5, 0.6) is 5.75 Å². The van der Waals surface area contributed by atoms with E-state index in [1.165, 1.54) is 12.1 Å². The lowest BCUT2D eigenvalue weighted by Gasteiger charge is -2.69. The van der Waals surface area contributed by atoms with Gasteiger partial charge in [-0.2, -0.15) is 5.10 Å². The number of rotatable bonds is 6. The molecule has 5 fully saturated rings. The number of fused-ring (bicyclic) bond motifs is 2. The molecule has 3 aromatic rings. The van der Waals surface area contributed by atoms with Crippen LogP contribution in [0.25, 0.3) is 10.9 Å². The molecule has 5 aliphatic rings. The van der Waals surface area contributed by atoms with E-state index in [-0.39, 0.29) is 34.8 Å². The van der Waals surface area contributed by atoms with Crippen molar-refractivity contribution in [1.29, 1.82) is 0 Å². The molecule has 1 amide bonds. The van der Waals surface area contributed by atoms with Crippen LogP contribution < -0.4 is 10.1 Å². The van der Waals surface area contributed by atoms with Crippen molar-refractivity contribution in [2.45, 2.75) is 56.2 Å². The summed E-state index contributed by atoms with van der Waals surface area (Å²) in [4.78, 5) is 21.4. The molecule has 8 rings (SSSR count). The Morgan fingerprint density at radius 1 is 1.24 bits per heavy atom. The molecule has 0 saturated heterocycles. The molecule has 3 unspecified atom stereocenters. The van der Waals surface area contributed by atoms with Gasteiger partial charge in [-0.3, -0.25) is 9.78 Å². The minimum absolute atomic E-state index is 0.0214. The highest BCUT2D eigenvalue weighted by Gasteiger charge is 2.71. The van der Waals surface area contributed by atoms with Crippen LogP contribution in [0.2, 0.25) is 0 Å². The Balaban J connectivity index is 0.947. The molecular weight excluding hydrogens is 421 g/mol. The first-order chi connectivity index (χ1) is 16.0. The maximum atomic E-state index is 13.7. The van der Waals surface area contributed by atoms with Gasteiger partial charge in [0.1, 0.15) is 24.2 Å². The molecule has 2 aromatic heterocycles. The van der Waals surface area contributed by atoms with Gasteiger partial charge < -0.3 is 10.1 Å². The summed E-state index contributed by atoms with van der Waals surface area (Å²) in [6.45, 7) is 2.08. The monoisotopic (exact) mass is 447 g/mol. The highest BCUT2D eigenvalue weighted by molar-refractivity contribution is 5.84. The van der Waals surface area contributed by atoms with Gasteiger partial charge in [-0.15, -0.1) is 0 Å². The second-order valence-electron chi connectivity index (χ2n) is 10.7. The Hall–Kier alpha value is -3.03. The van der Waals surface area contributed by atoms with Crippen LogP contribution in [0.4, 0.5) is 4.39 Å². The Kier molecular flexibility index (Phi) is 3.84. The zero-order valence-corrected chi connectivity index (χ0v) is 18.4. The average Bonchev–Trinajstić information content (AvgIpc) is 3.12. The smallest absolute Gasteiger partial charge is 0.223 e. The average molecular weight is 448 g/mol. The number of hydrogen-bond acceptors (Lipinski definition) is 5. The summed E-state index contributed by atoms with van der Waals surface area (Å²) >= 11 is 0. The highest BCUT2D eigenvalue weighted by Crippen LogP contribution is 2.65. The number of benzene rings is 1. The number of aromatic nitrogens is 4. The van der Waals surface area contributed by atoms with Crippen LogP contribution >= 0.6 is 0 Å². The van der Waals surface area contributed by atoms with E-state index in [0.29, 0.717) is 28.9 Å². The van der Waals surface area contributed by atoms with Gasteiger partial charge in [0.25, 0.3) is 0 Å². The first kappa shape index (κ1) is 19.4. The van der Waals surface area contributed by atoms with Gasteiger partial charge in [0, 0.05) is 23.0 Å². The van der Waals surface area contributed by atoms with Crippen molar-refractivity contribution < 1.29 is 13.9 Å². The van der Waals surface area contributed by atoms with Crippen molar-refractivity contribution in [3.63, 3.8) is 0 Å². The van der Waals surface area contributed by atoms with E-state index in [2.05, 4.69) is 27.3 Å². The lowest BCUT2D eigenvalue weighted by molar-refractivity contribution is -0.162. The molecule has 0 spiro atoms. The molecule has 1 aromatic carbocycles. The van der Waals surface area contributed by atoms with Gasteiger partial charge >= 0.3 is 0 Å². The number of ether oxygens (including phenoxy) is 1. The number of carbonyl (C=O) groups excluding carboxylic acids is 1. The summed E-state index contributed by atoms with van der Waals surface area (Å²) in [5.74, 6) is 2.13. The van der Waals surface area contributed by atoms with E-state index in [0.717, 1.165) is 37.6 Å². The molecule has 170 valence electrons. The number of halogens is 1. The summed E-state index contributed by atoms with van der Waals surface area (Å²) in [6.07, 6.45) is 9.94. The maximum Gasteiger partial charge on any atom is 0.223 e. The van der Waals surface area contributed by atoms with Crippen molar-refractivity contribution in [2.24, 2.45) is 23.7 Å². The van der Waals surface area contributed by atoms with Crippen molar-refractivity contribution >= 4 is 16.8 Å². The third-order valence-electron chi connectivity index (χ3n) is 8.71. The van der Waals surface area contributed by atoms with Crippen LogP contribution in [0.1, 0.15) is 39.0 Å². The normalized spacial score (nSPS) is 36.4. The Morgan fingerprint density at radius 3 is 2.76 bits per heavy atom. The second kappa shape index (κ2) is 6.52. The predicted molar refractivity (Wildman–Crippen MR) is 118 cm³/mol.